The molecule has 2 aromatic heterocycles. The van der Waals surface area contributed by atoms with E-state index < -0.39 is 5.63 Å². The number of fused-ring (bicyclic) bond motifs is 1. The van der Waals surface area contributed by atoms with Gasteiger partial charge in [-0.1, -0.05) is 24.3 Å². The van der Waals surface area contributed by atoms with E-state index in [1.807, 2.05) is 18.2 Å². The zero-order valence-corrected chi connectivity index (χ0v) is 15.1. The van der Waals surface area contributed by atoms with E-state index in [1.54, 1.807) is 29.5 Å². The molecule has 0 spiro atoms. The predicted molar refractivity (Wildman–Crippen MR) is 103 cm³/mol. The lowest BCUT2D eigenvalue weighted by atomic mass is 10.1. The highest BCUT2D eigenvalue weighted by atomic mass is 32.1. The number of nitrogens with one attached hydrogen (secondary N) is 1. The maximum absolute atomic E-state index is 12.6. The molecule has 0 aliphatic carbocycles. The first-order valence-electron chi connectivity index (χ1n) is 8.81. The predicted octanol–water partition coefficient (Wildman–Crippen LogP) is 3.42. The van der Waals surface area contributed by atoms with Crippen LogP contribution in [0.4, 0.5) is 0 Å². The van der Waals surface area contributed by atoms with Gasteiger partial charge in [-0.15, -0.1) is 11.3 Å². The second kappa shape index (κ2) is 7.43. The van der Waals surface area contributed by atoms with Crippen molar-refractivity contribution in [3.8, 4) is 0 Å². The molecule has 3 heterocycles. The summed E-state index contributed by atoms with van der Waals surface area (Å²) < 4.78 is 5.27. The molecule has 134 valence electrons. The van der Waals surface area contributed by atoms with Crippen LogP contribution in [0.1, 0.15) is 34.1 Å². The first-order chi connectivity index (χ1) is 12.7. The minimum Gasteiger partial charge on any atom is -0.422 e. The fourth-order valence-electron chi connectivity index (χ4n) is 3.45. The minimum atomic E-state index is -0.602. The van der Waals surface area contributed by atoms with Crippen LogP contribution in [-0.4, -0.2) is 30.4 Å². The van der Waals surface area contributed by atoms with Gasteiger partial charge in [0.25, 0.3) is 5.91 Å². The van der Waals surface area contributed by atoms with Gasteiger partial charge in [-0.3, -0.25) is 9.69 Å². The summed E-state index contributed by atoms with van der Waals surface area (Å²) in [6, 6.07) is 13.1. The van der Waals surface area contributed by atoms with E-state index in [9.17, 15) is 9.59 Å². The summed E-state index contributed by atoms with van der Waals surface area (Å²) in [6.45, 7) is 2.55. The summed E-state index contributed by atoms with van der Waals surface area (Å²) in [5.41, 5.74) is -0.0623. The second-order valence-electron chi connectivity index (χ2n) is 6.47. The van der Waals surface area contributed by atoms with Crippen molar-refractivity contribution in [1.82, 2.24) is 10.2 Å². The van der Waals surface area contributed by atoms with Crippen molar-refractivity contribution in [2.45, 2.75) is 18.9 Å². The highest BCUT2D eigenvalue weighted by Gasteiger charge is 2.25. The van der Waals surface area contributed by atoms with E-state index in [1.165, 1.54) is 17.7 Å². The molecular formula is C20H20N2O3S. The van der Waals surface area contributed by atoms with Gasteiger partial charge in [0.15, 0.2) is 0 Å². The topological polar surface area (TPSA) is 62.6 Å². The van der Waals surface area contributed by atoms with Gasteiger partial charge in [0.2, 0.25) is 0 Å². The van der Waals surface area contributed by atoms with Crippen molar-refractivity contribution in [3.05, 3.63) is 68.7 Å². The normalized spacial score (nSPS) is 16.0. The number of carbonyl (C=O) groups is 1. The largest absolute Gasteiger partial charge is 0.422 e. The van der Waals surface area contributed by atoms with Crippen LogP contribution >= 0.6 is 11.3 Å². The number of hydrogen-bond acceptors (Lipinski definition) is 5. The van der Waals surface area contributed by atoms with Crippen molar-refractivity contribution in [2.24, 2.45) is 0 Å². The Hall–Kier alpha value is -2.44. The number of benzene rings is 1. The van der Waals surface area contributed by atoms with E-state index in [-0.39, 0.29) is 17.5 Å². The van der Waals surface area contributed by atoms with E-state index in [4.69, 9.17) is 4.42 Å². The first-order valence-corrected chi connectivity index (χ1v) is 9.69. The third kappa shape index (κ3) is 3.43. The molecule has 1 saturated heterocycles. The van der Waals surface area contributed by atoms with Crippen molar-refractivity contribution >= 4 is 28.2 Å². The number of likely N-dealkylation sites (tertiary alicyclic amines) is 1. The Labute approximate surface area is 155 Å². The van der Waals surface area contributed by atoms with Crippen LogP contribution in [0.5, 0.6) is 0 Å². The van der Waals surface area contributed by atoms with Crippen molar-refractivity contribution in [1.29, 1.82) is 0 Å². The Morgan fingerprint density at radius 1 is 1.19 bits per heavy atom. The zero-order chi connectivity index (χ0) is 17.9. The van der Waals surface area contributed by atoms with Gasteiger partial charge in [0.1, 0.15) is 11.1 Å². The van der Waals surface area contributed by atoms with Crippen molar-refractivity contribution < 1.29 is 9.21 Å². The van der Waals surface area contributed by atoms with Gasteiger partial charge in [0, 0.05) is 16.8 Å². The van der Waals surface area contributed by atoms with Crippen LogP contribution in [0.2, 0.25) is 0 Å². The summed E-state index contributed by atoms with van der Waals surface area (Å²) >= 11 is 1.70. The van der Waals surface area contributed by atoms with E-state index >= 15 is 0 Å². The number of carbonyl (C=O) groups excluding carboxylic acids is 1. The van der Waals surface area contributed by atoms with Gasteiger partial charge in [-0.2, -0.15) is 0 Å². The number of thiophene rings is 1. The lowest BCUT2D eigenvalue weighted by Crippen LogP contribution is -2.37. The summed E-state index contributed by atoms with van der Waals surface area (Å²) in [6.07, 6.45) is 2.37. The summed E-state index contributed by atoms with van der Waals surface area (Å²) in [5.74, 6) is -0.384. The molecule has 0 saturated carbocycles. The summed E-state index contributed by atoms with van der Waals surface area (Å²) in [4.78, 5) is 28.4. The van der Waals surface area contributed by atoms with Gasteiger partial charge >= 0.3 is 5.63 Å². The molecule has 4 rings (SSSR count). The molecule has 1 aromatic carbocycles. The fourth-order valence-corrected chi connectivity index (χ4v) is 4.31. The monoisotopic (exact) mass is 368 g/mol. The highest BCUT2D eigenvalue weighted by Crippen LogP contribution is 2.27. The third-order valence-corrected chi connectivity index (χ3v) is 5.77. The summed E-state index contributed by atoms with van der Waals surface area (Å²) in [7, 11) is 0. The molecule has 0 unspecified atom stereocenters. The van der Waals surface area contributed by atoms with Gasteiger partial charge < -0.3 is 9.73 Å². The first kappa shape index (κ1) is 17.0. The number of hydrogen-bond donors (Lipinski definition) is 1. The Balaban J connectivity index is 1.53. The SMILES string of the molecule is O=C(NC[C@H](c1cccs1)N1CCCC1)c1cc2ccccc2oc1=O. The number of amides is 1. The lowest BCUT2D eigenvalue weighted by Gasteiger charge is -2.26. The van der Waals surface area contributed by atoms with Crippen LogP contribution in [-0.2, 0) is 0 Å². The molecule has 1 aliphatic heterocycles. The minimum absolute atomic E-state index is 0.0510. The van der Waals surface area contributed by atoms with Crippen LogP contribution in [0.25, 0.3) is 11.0 Å². The van der Waals surface area contributed by atoms with Crippen LogP contribution < -0.4 is 10.9 Å². The van der Waals surface area contributed by atoms with Crippen molar-refractivity contribution in [2.75, 3.05) is 19.6 Å². The number of nitrogens with zero attached hydrogens (tertiary/aromatic N) is 1. The Bertz CT molecular complexity index is 959. The van der Waals surface area contributed by atoms with Crippen LogP contribution in [0, 0.1) is 0 Å². The molecule has 6 heteroatoms. The lowest BCUT2D eigenvalue weighted by molar-refractivity contribution is 0.0935. The van der Waals surface area contributed by atoms with Gasteiger partial charge in [-0.25, -0.2) is 4.79 Å². The zero-order valence-electron chi connectivity index (χ0n) is 14.3. The molecule has 3 aromatic rings. The van der Waals surface area contributed by atoms with E-state index in [0.29, 0.717) is 12.1 Å². The van der Waals surface area contributed by atoms with Crippen molar-refractivity contribution in [3.63, 3.8) is 0 Å². The average molecular weight is 368 g/mol. The van der Waals surface area contributed by atoms with Crippen LogP contribution in [0.3, 0.4) is 0 Å². The molecule has 1 fully saturated rings. The molecule has 1 N–H and O–H groups in total. The smallest absolute Gasteiger partial charge is 0.349 e. The Morgan fingerprint density at radius 3 is 2.77 bits per heavy atom. The Morgan fingerprint density at radius 2 is 2.00 bits per heavy atom. The molecule has 1 amide bonds. The molecule has 0 radical (unpaired) electrons. The quantitative estimate of drug-likeness (QED) is 0.701. The molecular weight excluding hydrogens is 348 g/mol. The molecule has 0 bridgehead atoms. The molecule has 5 nitrogen and oxygen atoms in total. The summed E-state index contributed by atoms with van der Waals surface area (Å²) in [5, 5.41) is 5.73. The van der Waals surface area contributed by atoms with Gasteiger partial charge in [-0.05, 0) is 49.5 Å². The number of rotatable bonds is 5. The molecule has 26 heavy (non-hydrogen) atoms. The maximum Gasteiger partial charge on any atom is 0.349 e. The maximum atomic E-state index is 12.6. The fraction of sp³-hybridized carbons (Fsp3) is 0.300. The Kier molecular flexibility index (Phi) is 4.86. The average Bonchev–Trinajstić information content (AvgIpc) is 3.35. The third-order valence-electron chi connectivity index (χ3n) is 4.80. The van der Waals surface area contributed by atoms with Gasteiger partial charge in [0.05, 0.1) is 6.04 Å². The molecule has 1 aliphatic rings. The van der Waals surface area contributed by atoms with Crippen LogP contribution in [0.15, 0.2) is 57.1 Å². The van der Waals surface area contributed by atoms with E-state index in [0.717, 1.165) is 18.5 Å². The standard InChI is InChI=1S/C20H20N2O3S/c23-19(15-12-14-6-1-2-7-17(14)25-20(15)24)21-13-16(18-8-5-11-26-18)22-9-3-4-10-22/h1-2,5-8,11-12,16H,3-4,9-10,13H2,(H,21,23)/t16-/m1/s1. The molecule has 1 atom stereocenters. The second-order valence-corrected chi connectivity index (χ2v) is 7.45. The highest BCUT2D eigenvalue weighted by molar-refractivity contribution is 7.10. The number of para-hydroxylation sites is 1. The van der Waals surface area contributed by atoms with E-state index in [2.05, 4.69) is 21.7 Å².